The quantitative estimate of drug-likeness (QED) is 0.551. The molecule has 1 amide bonds. The Labute approximate surface area is 173 Å². The van der Waals surface area contributed by atoms with Crippen molar-refractivity contribution in [2.45, 2.75) is 39.1 Å². The smallest absolute Gasteiger partial charge is 0.255 e. The van der Waals surface area contributed by atoms with Crippen molar-refractivity contribution in [3.05, 3.63) is 47.9 Å². The van der Waals surface area contributed by atoms with Gasteiger partial charge in [0.2, 0.25) is 0 Å². The zero-order valence-electron chi connectivity index (χ0n) is 16.9. The van der Waals surface area contributed by atoms with Crippen LogP contribution in [-0.4, -0.2) is 50.4 Å². The Kier molecular flexibility index (Phi) is 6.28. The second-order valence-corrected chi connectivity index (χ2v) is 7.29. The summed E-state index contributed by atoms with van der Waals surface area (Å²) in [7, 11) is 0. The Morgan fingerprint density at radius 3 is 2.73 bits per heavy atom. The van der Waals surface area contributed by atoms with Gasteiger partial charge >= 0.3 is 0 Å². The molecule has 2 atom stereocenters. The zero-order chi connectivity index (χ0) is 21.8. The van der Waals surface area contributed by atoms with Crippen molar-refractivity contribution >= 4 is 22.6 Å². The molecule has 0 saturated carbocycles. The lowest BCUT2D eigenvalue weighted by molar-refractivity contribution is 0.0812. The van der Waals surface area contributed by atoms with Gasteiger partial charge in [-0.25, -0.2) is 14.4 Å². The van der Waals surface area contributed by atoms with Gasteiger partial charge in [-0.3, -0.25) is 9.36 Å². The first-order valence-electron chi connectivity index (χ1n) is 9.54. The van der Waals surface area contributed by atoms with Gasteiger partial charge in [-0.15, -0.1) is 0 Å². The molecule has 9 heteroatoms. The maximum atomic E-state index is 13.6. The number of hydrogen-bond donors (Lipinski definition) is 3. The highest BCUT2D eigenvalue weighted by molar-refractivity contribution is 5.99. The lowest BCUT2D eigenvalue weighted by Gasteiger charge is -2.17. The molecule has 0 aliphatic carbocycles. The number of alkyl halides is 1. The molecule has 0 aliphatic heterocycles. The summed E-state index contributed by atoms with van der Waals surface area (Å²) >= 11 is 0. The molecule has 3 heterocycles. The highest BCUT2D eigenvalue weighted by Crippen LogP contribution is 2.23. The van der Waals surface area contributed by atoms with Crippen LogP contribution in [0.5, 0.6) is 0 Å². The van der Waals surface area contributed by atoms with E-state index in [0.29, 0.717) is 22.7 Å². The number of carbonyl (C=O) groups excluding carboxylic acids is 1. The minimum atomic E-state index is -1.56. The Morgan fingerprint density at radius 1 is 1.30 bits per heavy atom. The SMILES string of the molecule is CC(C)Nc1cc(-n2ccc3cc(C#N)cnc32)ncc1C(=O)NC[C@H](F)C(C)O. The number of fused-ring (bicyclic) bond motifs is 1. The largest absolute Gasteiger partial charge is 0.390 e. The van der Waals surface area contributed by atoms with Gasteiger partial charge in [-0.2, -0.15) is 5.26 Å². The summed E-state index contributed by atoms with van der Waals surface area (Å²) in [6.07, 6.45) is 1.97. The van der Waals surface area contributed by atoms with E-state index < -0.39 is 18.2 Å². The summed E-state index contributed by atoms with van der Waals surface area (Å²) in [6.45, 7) is 4.90. The number of carbonyl (C=O) groups is 1. The maximum absolute atomic E-state index is 13.6. The molecule has 0 aliphatic rings. The fourth-order valence-corrected chi connectivity index (χ4v) is 2.91. The van der Waals surface area contributed by atoms with E-state index in [1.54, 1.807) is 22.9 Å². The highest BCUT2D eigenvalue weighted by Gasteiger charge is 2.19. The van der Waals surface area contributed by atoms with Crippen LogP contribution in [0.15, 0.2) is 36.8 Å². The van der Waals surface area contributed by atoms with Gasteiger partial charge < -0.3 is 15.7 Å². The molecule has 0 fully saturated rings. The number of aliphatic hydroxyl groups excluding tert-OH is 1. The molecule has 0 saturated heterocycles. The number of nitriles is 1. The van der Waals surface area contributed by atoms with Crippen molar-refractivity contribution in [3.8, 4) is 11.9 Å². The molecule has 0 radical (unpaired) electrons. The number of rotatable bonds is 7. The number of nitrogens with one attached hydrogen (secondary N) is 2. The molecule has 8 nitrogen and oxygen atoms in total. The van der Waals surface area contributed by atoms with Crippen LogP contribution in [0, 0.1) is 11.3 Å². The van der Waals surface area contributed by atoms with Crippen LogP contribution < -0.4 is 10.6 Å². The van der Waals surface area contributed by atoms with Gasteiger partial charge in [0.25, 0.3) is 5.91 Å². The number of nitrogens with zero attached hydrogens (tertiary/aromatic N) is 4. The number of hydrogen-bond acceptors (Lipinski definition) is 6. The summed E-state index contributed by atoms with van der Waals surface area (Å²) < 4.78 is 15.4. The topological polar surface area (TPSA) is 116 Å². The second kappa shape index (κ2) is 8.88. The molecule has 3 N–H and O–H groups in total. The van der Waals surface area contributed by atoms with E-state index in [2.05, 4.69) is 26.7 Å². The third-order valence-corrected chi connectivity index (χ3v) is 4.46. The van der Waals surface area contributed by atoms with Crippen molar-refractivity contribution in [2.24, 2.45) is 0 Å². The fraction of sp³-hybridized carbons (Fsp3) is 0.333. The van der Waals surface area contributed by atoms with E-state index in [0.717, 1.165) is 5.39 Å². The highest BCUT2D eigenvalue weighted by atomic mass is 19.1. The van der Waals surface area contributed by atoms with Crippen LogP contribution in [0.2, 0.25) is 0 Å². The minimum absolute atomic E-state index is 0.0379. The average molecular weight is 410 g/mol. The minimum Gasteiger partial charge on any atom is -0.390 e. The second-order valence-electron chi connectivity index (χ2n) is 7.29. The van der Waals surface area contributed by atoms with E-state index in [1.807, 2.05) is 19.9 Å². The molecule has 1 unspecified atom stereocenters. The summed E-state index contributed by atoms with van der Waals surface area (Å²) in [5.41, 5.74) is 1.90. The normalized spacial score (nSPS) is 13.1. The van der Waals surface area contributed by atoms with Crippen molar-refractivity contribution < 1.29 is 14.3 Å². The van der Waals surface area contributed by atoms with E-state index in [-0.39, 0.29) is 18.2 Å². The monoisotopic (exact) mass is 410 g/mol. The molecule has 3 aromatic heterocycles. The zero-order valence-corrected chi connectivity index (χ0v) is 16.9. The number of halogens is 1. The molecule has 0 bridgehead atoms. The van der Waals surface area contributed by atoms with Crippen molar-refractivity contribution in [1.29, 1.82) is 5.26 Å². The molecule has 0 spiro atoms. The van der Waals surface area contributed by atoms with E-state index in [4.69, 9.17) is 5.26 Å². The molecule has 30 heavy (non-hydrogen) atoms. The number of aliphatic hydroxyl groups is 1. The number of anilines is 1. The number of pyridine rings is 2. The first-order chi connectivity index (χ1) is 14.3. The molecular weight excluding hydrogens is 387 g/mol. The van der Waals surface area contributed by atoms with Crippen molar-refractivity contribution in [3.63, 3.8) is 0 Å². The van der Waals surface area contributed by atoms with Crippen LogP contribution in [0.1, 0.15) is 36.7 Å². The maximum Gasteiger partial charge on any atom is 0.255 e. The van der Waals surface area contributed by atoms with Crippen molar-refractivity contribution in [2.75, 3.05) is 11.9 Å². The van der Waals surface area contributed by atoms with Gasteiger partial charge in [0.15, 0.2) is 0 Å². The van der Waals surface area contributed by atoms with Gasteiger partial charge in [0, 0.05) is 36.1 Å². The fourth-order valence-electron chi connectivity index (χ4n) is 2.91. The summed E-state index contributed by atoms with van der Waals surface area (Å²) in [6, 6.07) is 7.39. The van der Waals surface area contributed by atoms with E-state index in [9.17, 15) is 14.3 Å². The van der Waals surface area contributed by atoms with Crippen LogP contribution in [-0.2, 0) is 0 Å². The van der Waals surface area contributed by atoms with Crippen LogP contribution in [0.4, 0.5) is 10.1 Å². The van der Waals surface area contributed by atoms with Gasteiger partial charge in [-0.1, -0.05) is 0 Å². The van der Waals surface area contributed by atoms with Gasteiger partial charge in [0.05, 0.1) is 29.5 Å². The first kappa shape index (κ1) is 21.2. The average Bonchev–Trinajstić information content (AvgIpc) is 3.14. The summed E-state index contributed by atoms with van der Waals surface area (Å²) in [4.78, 5) is 21.3. The van der Waals surface area contributed by atoms with Crippen molar-refractivity contribution in [1.82, 2.24) is 19.9 Å². The summed E-state index contributed by atoms with van der Waals surface area (Å²) in [5, 5.41) is 24.8. The summed E-state index contributed by atoms with van der Waals surface area (Å²) in [5.74, 6) is 0.0453. The third kappa shape index (κ3) is 4.55. The molecule has 0 aromatic carbocycles. The Hall–Kier alpha value is -3.51. The Balaban J connectivity index is 1.95. The molecular formula is C21H23FN6O2. The van der Waals surface area contributed by atoms with Gasteiger partial charge in [-0.05, 0) is 32.9 Å². The molecule has 3 aromatic rings. The van der Waals surface area contributed by atoms with Gasteiger partial charge in [0.1, 0.15) is 23.7 Å². The van der Waals surface area contributed by atoms with E-state index >= 15 is 0 Å². The first-order valence-corrected chi connectivity index (χ1v) is 9.54. The Bertz CT molecular complexity index is 1100. The standard InChI is InChI=1S/C21H23FN6O2/c1-12(2)27-18-7-19(24-10-16(18)21(30)26-11-17(22)13(3)29)28-5-4-15-6-14(8-23)9-25-20(15)28/h4-7,9-10,12-13,17,29H,11H2,1-3H3,(H,24,27)(H,26,30)/t13?,17-/m0/s1. The lowest BCUT2D eigenvalue weighted by Crippen LogP contribution is -2.35. The van der Waals surface area contributed by atoms with E-state index in [1.165, 1.54) is 19.3 Å². The van der Waals surface area contributed by atoms with Crippen LogP contribution in [0.25, 0.3) is 16.9 Å². The Morgan fingerprint density at radius 2 is 2.07 bits per heavy atom. The lowest BCUT2D eigenvalue weighted by atomic mass is 10.2. The van der Waals surface area contributed by atoms with Crippen LogP contribution >= 0.6 is 0 Å². The predicted molar refractivity (Wildman–Crippen MR) is 111 cm³/mol. The van der Waals surface area contributed by atoms with Crippen LogP contribution in [0.3, 0.4) is 0 Å². The number of aromatic nitrogens is 3. The number of amides is 1. The third-order valence-electron chi connectivity index (χ3n) is 4.46. The predicted octanol–water partition coefficient (Wildman–Crippen LogP) is 2.56. The molecule has 156 valence electrons. The molecule has 3 rings (SSSR count).